The number of nitrogens with zero attached hydrogens (tertiary/aromatic N) is 1. The number of alkyl halides is 3. The summed E-state index contributed by atoms with van der Waals surface area (Å²) in [6.45, 7) is 0.967. The Labute approximate surface area is 102 Å². The van der Waals surface area contributed by atoms with Gasteiger partial charge >= 0.3 is 6.18 Å². The van der Waals surface area contributed by atoms with Gasteiger partial charge in [0.15, 0.2) is 5.78 Å². The van der Waals surface area contributed by atoms with Gasteiger partial charge in [-0.05, 0) is 35.0 Å². The normalized spacial score (nSPS) is 11.4. The van der Waals surface area contributed by atoms with Crippen molar-refractivity contribution in [2.24, 2.45) is 0 Å². The SMILES string of the molecule is CC(=O)c1cc(C(F)(F)F)cc(Br)c1[N+](=O)[O-]. The maximum absolute atomic E-state index is 12.4. The van der Waals surface area contributed by atoms with Gasteiger partial charge in [0.2, 0.25) is 0 Å². The van der Waals surface area contributed by atoms with Crippen LogP contribution in [0.1, 0.15) is 22.8 Å². The molecule has 0 aromatic heterocycles. The summed E-state index contributed by atoms with van der Waals surface area (Å²) in [4.78, 5) is 20.9. The van der Waals surface area contributed by atoms with Crippen molar-refractivity contribution < 1.29 is 22.9 Å². The second-order valence-corrected chi connectivity index (χ2v) is 4.02. The molecule has 0 bridgehead atoms. The lowest BCUT2D eigenvalue weighted by atomic mass is 10.1. The number of hydrogen-bond acceptors (Lipinski definition) is 3. The number of Topliss-reactive ketones (excluding diaryl/α,β-unsaturated/α-hetero) is 1. The highest BCUT2D eigenvalue weighted by Gasteiger charge is 2.34. The van der Waals surface area contributed by atoms with E-state index < -0.39 is 33.7 Å². The molecular weight excluding hydrogens is 307 g/mol. The van der Waals surface area contributed by atoms with Gasteiger partial charge in [-0.2, -0.15) is 13.2 Å². The summed E-state index contributed by atoms with van der Waals surface area (Å²) in [6.07, 6.45) is -4.66. The molecule has 0 unspecified atom stereocenters. The van der Waals surface area contributed by atoms with Crippen LogP contribution in [0, 0.1) is 10.1 Å². The van der Waals surface area contributed by atoms with Crippen molar-refractivity contribution in [3.05, 3.63) is 37.8 Å². The van der Waals surface area contributed by atoms with Crippen molar-refractivity contribution in [3.8, 4) is 0 Å². The molecule has 0 heterocycles. The van der Waals surface area contributed by atoms with E-state index in [-0.39, 0.29) is 4.47 Å². The van der Waals surface area contributed by atoms with E-state index in [2.05, 4.69) is 15.9 Å². The van der Waals surface area contributed by atoms with Crippen LogP contribution >= 0.6 is 15.9 Å². The fourth-order valence-electron chi connectivity index (χ4n) is 1.22. The predicted octanol–water partition coefficient (Wildman–Crippen LogP) is 3.58. The number of carbonyl (C=O) groups is 1. The Morgan fingerprint density at radius 2 is 1.94 bits per heavy atom. The van der Waals surface area contributed by atoms with E-state index in [9.17, 15) is 28.1 Å². The van der Waals surface area contributed by atoms with Gasteiger partial charge < -0.3 is 0 Å². The minimum Gasteiger partial charge on any atom is -0.294 e. The molecule has 0 N–H and O–H groups in total. The molecule has 17 heavy (non-hydrogen) atoms. The van der Waals surface area contributed by atoms with Crippen LogP contribution in [0.25, 0.3) is 0 Å². The van der Waals surface area contributed by atoms with E-state index in [1.54, 1.807) is 0 Å². The molecule has 0 atom stereocenters. The van der Waals surface area contributed by atoms with E-state index in [0.29, 0.717) is 12.1 Å². The fourth-order valence-corrected chi connectivity index (χ4v) is 1.82. The van der Waals surface area contributed by atoms with Gasteiger partial charge in [0.05, 0.1) is 20.5 Å². The average Bonchev–Trinajstić information content (AvgIpc) is 2.13. The molecule has 1 rings (SSSR count). The van der Waals surface area contributed by atoms with Gasteiger partial charge in [0, 0.05) is 0 Å². The number of halogens is 4. The second kappa shape index (κ2) is 4.44. The Kier molecular flexibility index (Phi) is 3.56. The average molecular weight is 312 g/mol. The number of rotatable bonds is 2. The van der Waals surface area contributed by atoms with E-state index >= 15 is 0 Å². The van der Waals surface area contributed by atoms with E-state index in [4.69, 9.17) is 0 Å². The highest BCUT2D eigenvalue weighted by molar-refractivity contribution is 9.10. The Bertz CT molecular complexity index is 499. The number of nitro benzene ring substituents is 1. The molecule has 0 amide bonds. The van der Waals surface area contributed by atoms with Gasteiger partial charge in [0.1, 0.15) is 0 Å². The van der Waals surface area contributed by atoms with Crippen molar-refractivity contribution in [2.45, 2.75) is 13.1 Å². The van der Waals surface area contributed by atoms with Gasteiger partial charge in [-0.1, -0.05) is 0 Å². The number of benzene rings is 1. The number of hydrogen-bond donors (Lipinski definition) is 0. The number of ketones is 1. The zero-order valence-corrected chi connectivity index (χ0v) is 9.92. The zero-order chi connectivity index (χ0) is 13.4. The molecular formula is C9H5BrF3NO3. The van der Waals surface area contributed by atoms with Gasteiger partial charge in [-0.15, -0.1) is 0 Å². The van der Waals surface area contributed by atoms with Crippen LogP contribution in [0.15, 0.2) is 16.6 Å². The van der Waals surface area contributed by atoms with Crippen LogP contribution in [0.3, 0.4) is 0 Å². The lowest BCUT2D eigenvalue weighted by Gasteiger charge is -2.09. The molecule has 0 saturated heterocycles. The van der Waals surface area contributed by atoms with Crippen LogP contribution in [0.2, 0.25) is 0 Å². The van der Waals surface area contributed by atoms with Crippen molar-refractivity contribution in [3.63, 3.8) is 0 Å². The first-order chi connectivity index (χ1) is 7.64. The predicted molar refractivity (Wildman–Crippen MR) is 55.8 cm³/mol. The topological polar surface area (TPSA) is 60.2 Å². The number of nitro groups is 1. The summed E-state index contributed by atoms with van der Waals surface area (Å²) in [7, 11) is 0. The lowest BCUT2D eigenvalue weighted by Crippen LogP contribution is -2.09. The minimum atomic E-state index is -4.66. The van der Waals surface area contributed by atoms with Gasteiger partial charge in [0.25, 0.3) is 5.69 Å². The van der Waals surface area contributed by atoms with E-state index in [1.807, 2.05) is 0 Å². The Morgan fingerprint density at radius 3 is 2.29 bits per heavy atom. The molecule has 0 aliphatic heterocycles. The Morgan fingerprint density at radius 1 is 1.41 bits per heavy atom. The maximum atomic E-state index is 12.4. The molecule has 0 spiro atoms. The molecule has 0 aliphatic rings. The summed E-state index contributed by atoms with van der Waals surface area (Å²) >= 11 is 2.67. The number of carbonyl (C=O) groups excluding carboxylic acids is 1. The molecule has 1 aromatic rings. The van der Waals surface area contributed by atoms with Gasteiger partial charge in [-0.25, -0.2) is 0 Å². The summed E-state index contributed by atoms with van der Waals surface area (Å²) in [6, 6.07) is 1.05. The molecule has 0 saturated carbocycles. The molecule has 0 radical (unpaired) electrons. The highest BCUT2D eigenvalue weighted by Crippen LogP contribution is 2.37. The largest absolute Gasteiger partial charge is 0.416 e. The highest BCUT2D eigenvalue weighted by atomic mass is 79.9. The summed E-state index contributed by atoms with van der Waals surface area (Å²) < 4.78 is 37.0. The molecule has 8 heteroatoms. The first-order valence-electron chi connectivity index (χ1n) is 4.20. The molecule has 4 nitrogen and oxygen atoms in total. The quantitative estimate of drug-likeness (QED) is 0.476. The first kappa shape index (κ1) is 13.6. The van der Waals surface area contributed by atoms with Crippen molar-refractivity contribution in [1.29, 1.82) is 0 Å². The Balaban J connectivity index is 3.58. The molecule has 1 aromatic carbocycles. The van der Waals surface area contributed by atoms with Crippen molar-refractivity contribution >= 4 is 27.4 Å². The van der Waals surface area contributed by atoms with Crippen LogP contribution in [-0.4, -0.2) is 10.7 Å². The van der Waals surface area contributed by atoms with Crippen molar-refractivity contribution in [1.82, 2.24) is 0 Å². The van der Waals surface area contributed by atoms with Crippen LogP contribution in [0.5, 0.6) is 0 Å². The third kappa shape index (κ3) is 2.82. The second-order valence-electron chi connectivity index (χ2n) is 3.17. The monoisotopic (exact) mass is 311 g/mol. The summed E-state index contributed by atoms with van der Waals surface area (Å²) in [5.74, 6) is -0.802. The van der Waals surface area contributed by atoms with Gasteiger partial charge in [-0.3, -0.25) is 14.9 Å². The maximum Gasteiger partial charge on any atom is 0.416 e. The first-order valence-corrected chi connectivity index (χ1v) is 5.00. The van der Waals surface area contributed by atoms with Crippen LogP contribution in [-0.2, 0) is 6.18 Å². The minimum absolute atomic E-state index is 0.373. The van der Waals surface area contributed by atoms with E-state index in [1.165, 1.54) is 0 Å². The summed E-state index contributed by atoms with van der Waals surface area (Å²) in [5.41, 5.74) is -2.35. The van der Waals surface area contributed by atoms with Crippen LogP contribution in [0.4, 0.5) is 18.9 Å². The third-order valence-corrected chi connectivity index (χ3v) is 2.56. The third-order valence-electron chi connectivity index (χ3n) is 1.95. The molecule has 0 fully saturated rings. The lowest BCUT2D eigenvalue weighted by molar-refractivity contribution is -0.386. The zero-order valence-electron chi connectivity index (χ0n) is 8.34. The smallest absolute Gasteiger partial charge is 0.294 e. The van der Waals surface area contributed by atoms with Crippen molar-refractivity contribution in [2.75, 3.05) is 0 Å². The fraction of sp³-hybridized carbons (Fsp3) is 0.222. The molecule has 92 valence electrons. The standard InChI is InChI=1S/C9H5BrF3NO3/c1-4(15)6-2-5(9(11,12)13)3-7(10)8(6)14(16)17/h2-3H,1H3. The van der Waals surface area contributed by atoms with Crippen LogP contribution < -0.4 is 0 Å². The molecule has 0 aliphatic carbocycles. The summed E-state index contributed by atoms with van der Waals surface area (Å²) in [5, 5.41) is 10.7. The Hall–Kier alpha value is -1.44. The van der Waals surface area contributed by atoms with E-state index in [0.717, 1.165) is 6.92 Å².